The number of halogens is 2. The van der Waals surface area contributed by atoms with E-state index in [0.29, 0.717) is 10.3 Å². The molecule has 14 heavy (non-hydrogen) atoms. The third kappa shape index (κ3) is 1.38. The minimum Gasteiger partial charge on any atom is -0.368 e. The fourth-order valence-electron chi connectivity index (χ4n) is 1.58. The minimum absolute atomic E-state index is 0.401. The monoisotopic (exact) mass is 232 g/mol. The van der Waals surface area contributed by atoms with Crippen molar-refractivity contribution >= 4 is 34.6 Å². The van der Waals surface area contributed by atoms with Gasteiger partial charge in [0.1, 0.15) is 11.4 Å². The molecule has 0 saturated heterocycles. The second kappa shape index (κ2) is 3.44. The van der Waals surface area contributed by atoms with E-state index in [0.717, 1.165) is 24.5 Å². The number of anilines is 2. The van der Waals surface area contributed by atoms with Crippen LogP contribution in [0.15, 0.2) is 0 Å². The van der Waals surface area contributed by atoms with Gasteiger partial charge in [-0.15, -0.1) is 10.2 Å². The van der Waals surface area contributed by atoms with Crippen LogP contribution >= 0.6 is 23.2 Å². The molecule has 1 aliphatic heterocycles. The Kier molecular flexibility index (Phi) is 2.41. The number of likely N-dealkylation sites (N-methyl/N-ethyl adjacent to an activating group) is 2. The Bertz CT molecular complexity index is 334. The lowest BCUT2D eigenvalue weighted by molar-refractivity contribution is 0.785. The molecule has 0 fully saturated rings. The molecule has 1 aromatic heterocycles. The molecule has 2 rings (SSSR count). The zero-order chi connectivity index (χ0) is 10.3. The van der Waals surface area contributed by atoms with E-state index in [-0.39, 0.29) is 0 Å². The van der Waals surface area contributed by atoms with Gasteiger partial charge in [-0.3, -0.25) is 0 Å². The quantitative estimate of drug-likeness (QED) is 0.682. The van der Waals surface area contributed by atoms with E-state index in [1.807, 2.05) is 23.9 Å². The first-order chi connectivity index (χ1) is 6.61. The van der Waals surface area contributed by atoms with Crippen molar-refractivity contribution in [3.63, 3.8) is 0 Å². The van der Waals surface area contributed by atoms with Gasteiger partial charge in [-0.05, 0) is 0 Å². The normalized spacial score (nSPS) is 15.7. The van der Waals surface area contributed by atoms with E-state index in [4.69, 9.17) is 23.2 Å². The molecule has 0 aliphatic carbocycles. The van der Waals surface area contributed by atoms with Gasteiger partial charge in [0, 0.05) is 27.2 Å². The summed E-state index contributed by atoms with van der Waals surface area (Å²) >= 11 is 11.9. The third-order valence-electron chi connectivity index (χ3n) is 2.37. The first-order valence-corrected chi connectivity index (χ1v) is 5.01. The molecule has 2 heterocycles. The third-order valence-corrected chi connectivity index (χ3v) is 2.88. The van der Waals surface area contributed by atoms with Gasteiger partial charge in [0.05, 0.1) is 0 Å². The highest BCUT2D eigenvalue weighted by Crippen LogP contribution is 2.39. The maximum Gasteiger partial charge on any atom is 0.177 e. The fraction of sp³-hybridized carbons (Fsp3) is 0.500. The Morgan fingerprint density at radius 3 is 1.64 bits per heavy atom. The Hall–Kier alpha value is -0.740. The van der Waals surface area contributed by atoms with Crippen molar-refractivity contribution in [3.8, 4) is 0 Å². The van der Waals surface area contributed by atoms with E-state index in [1.54, 1.807) is 0 Å². The molecule has 1 aliphatic rings. The fourth-order valence-corrected chi connectivity index (χ4v) is 2.12. The lowest BCUT2D eigenvalue weighted by Gasteiger charge is -2.34. The molecule has 1 aromatic rings. The SMILES string of the molecule is CN1CCN(C)c2c(Cl)nnc(Cl)c21. The van der Waals surface area contributed by atoms with E-state index in [9.17, 15) is 0 Å². The zero-order valence-corrected chi connectivity index (χ0v) is 9.47. The number of fused-ring (bicyclic) bond motifs is 1. The summed E-state index contributed by atoms with van der Waals surface area (Å²) in [5.41, 5.74) is 1.72. The largest absolute Gasteiger partial charge is 0.368 e. The molecular formula is C8H10Cl2N4. The number of rotatable bonds is 0. The molecule has 0 N–H and O–H groups in total. The predicted octanol–water partition coefficient (Wildman–Crippen LogP) is 1.67. The van der Waals surface area contributed by atoms with E-state index < -0.39 is 0 Å². The number of hydrogen-bond acceptors (Lipinski definition) is 4. The molecule has 4 nitrogen and oxygen atoms in total. The maximum absolute atomic E-state index is 5.97. The Morgan fingerprint density at radius 2 is 1.29 bits per heavy atom. The van der Waals surface area contributed by atoms with Gasteiger partial charge in [-0.25, -0.2) is 0 Å². The Balaban J connectivity index is 2.65. The van der Waals surface area contributed by atoms with Gasteiger partial charge >= 0.3 is 0 Å². The van der Waals surface area contributed by atoms with Crippen molar-refractivity contribution in [3.05, 3.63) is 10.3 Å². The smallest absolute Gasteiger partial charge is 0.177 e. The van der Waals surface area contributed by atoms with Crippen molar-refractivity contribution in [2.45, 2.75) is 0 Å². The summed E-state index contributed by atoms with van der Waals surface area (Å²) in [5, 5.41) is 8.39. The van der Waals surface area contributed by atoms with E-state index in [1.165, 1.54) is 0 Å². The average Bonchev–Trinajstić information content (AvgIpc) is 2.16. The summed E-state index contributed by atoms with van der Waals surface area (Å²) in [7, 11) is 3.94. The highest BCUT2D eigenvalue weighted by atomic mass is 35.5. The lowest BCUT2D eigenvalue weighted by atomic mass is 10.2. The van der Waals surface area contributed by atoms with Gasteiger partial charge in [-0.1, -0.05) is 23.2 Å². The first kappa shape index (κ1) is 9.80. The summed E-state index contributed by atoms with van der Waals surface area (Å²) < 4.78 is 0. The summed E-state index contributed by atoms with van der Waals surface area (Å²) in [4.78, 5) is 4.08. The number of hydrogen-bond donors (Lipinski definition) is 0. The molecule has 0 amide bonds. The van der Waals surface area contributed by atoms with Crippen LogP contribution in [-0.4, -0.2) is 37.4 Å². The summed E-state index contributed by atoms with van der Waals surface area (Å²) in [6.45, 7) is 1.82. The van der Waals surface area contributed by atoms with Crippen molar-refractivity contribution in [1.29, 1.82) is 0 Å². The maximum atomic E-state index is 5.97. The lowest BCUT2D eigenvalue weighted by Crippen LogP contribution is -2.37. The molecule has 0 atom stereocenters. The molecule has 0 bridgehead atoms. The van der Waals surface area contributed by atoms with Crippen molar-refractivity contribution < 1.29 is 0 Å². The van der Waals surface area contributed by atoms with Crippen molar-refractivity contribution in [1.82, 2.24) is 10.2 Å². The van der Waals surface area contributed by atoms with Crippen LogP contribution in [0.1, 0.15) is 0 Å². The molecular weight excluding hydrogens is 223 g/mol. The molecule has 0 spiro atoms. The summed E-state index contributed by atoms with van der Waals surface area (Å²) in [6.07, 6.45) is 0. The van der Waals surface area contributed by atoms with Crippen molar-refractivity contribution in [2.75, 3.05) is 37.0 Å². The van der Waals surface area contributed by atoms with Crippen LogP contribution in [0.5, 0.6) is 0 Å². The van der Waals surface area contributed by atoms with Gasteiger partial charge in [0.2, 0.25) is 0 Å². The predicted molar refractivity (Wildman–Crippen MR) is 58.6 cm³/mol. The highest BCUT2D eigenvalue weighted by molar-refractivity contribution is 6.36. The van der Waals surface area contributed by atoms with Gasteiger partial charge in [-0.2, -0.15) is 0 Å². The van der Waals surface area contributed by atoms with Crippen LogP contribution in [0, 0.1) is 0 Å². The highest BCUT2D eigenvalue weighted by Gasteiger charge is 2.24. The molecule has 6 heteroatoms. The van der Waals surface area contributed by atoms with Crippen molar-refractivity contribution in [2.24, 2.45) is 0 Å². The Morgan fingerprint density at radius 1 is 0.929 bits per heavy atom. The van der Waals surface area contributed by atoms with E-state index >= 15 is 0 Å². The van der Waals surface area contributed by atoms with Crippen LogP contribution < -0.4 is 9.80 Å². The van der Waals surface area contributed by atoms with Gasteiger partial charge in [0.25, 0.3) is 0 Å². The van der Waals surface area contributed by atoms with Crippen LogP contribution in [0.2, 0.25) is 10.3 Å². The topological polar surface area (TPSA) is 32.3 Å². The van der Waals surface area contributed by atoms with Crippen LogP contribution in [-0.2, 0) is 0 Å². The minimum atomic E-state index is 0.401. The standard InChI is InChI=1S/C8H10Cl2N4/c1-13-3-4-14(2)6-5(13)7(9)11-12-8(6)10/h3-4H2,1-2H3. The molecule has 0 saturated carbocycles. The molecule has 0 radical (unpaired) electrons. The zero-order valence-electron chi connectivity index (χ0n) is 7.96. The Labute approximate surface area is 92.4 Å². The van der Waals surface area contributed by atoms with Gasteiger partial charge < -0.3 is 9.80 Å². The molecule has 0 aromatic carbocycles. The molecule has 0 unspecified atom stereocenters. The van der Waals surface area contributed by atoms with E-state index in [2.05, 4.69) is 10.2 Å². The van der Waals surface area contributed by atoms with Gasteiger partial charge in [0.15, 0.2) is 10.3 Å². The van der Waals surface area contributed by atoms with Crippen LogP contribution in [0.3, 0.4) is 0 Å². The second-order valence-electron chi connectivity index (χ2n) is 3.32. The van der Waals surface area contributed by atoms with Crippen LogP contribution in [0.25, 0.3) is 0 Å². The van der Waals surface area contributed by atoms with Crippen LogP contribution in [0.4, 0.5) is 11.4 Å². The number of nitrogens with zero attached hydrogens (tertiary/aromatic N) is 4. The summed E-state index contributed by atoms with van der Waals surface area (Å²) in [5.74, 6) is 0. The summed E-state index contributed by atoms with van der Waals surface area (Å²) in [6, 6.07) is 0. The first-order valence-electron chi connectivity index (χ1n) is 4.25. The second-order valence-corrected chi connectivity index (χ2v) is 4.04. The molecule has 76 valence electrons. The number of aromatic nitrogens is 2. The average molecular weight is 233 g/mol.